The average Bonchev–Trinajstić information content (AvgIpc) is 2.54. The largest absolute Gasteiger partial charge is 0.383 e. The van der Waals surface area contributed by atoms with E-state index in [-0.39, 0.29) is 5.91 Å². The molecule has 6 heteroatoms. The topological polar surface area (TPSA) is 63.2 Å². The zero-order chi connectivity index (χ0) is 15.8. The molecule has 0 radical (unpaired) electrons. The monoisotopic (exact) mass is 319 g/mol. The summed E-state index contributed by atoms with van der Waals surface area (Å²) in [6.45, 7) is 1.51. The van der Waals surface area contributed by atoms with Crippen molar-refractivity contribution < 1.29 is 9.53 Å². The van der Waals surface area contributed by atoms with E-state index in [0.717, 1.165) is 11.3 Å². The van der Waals surface area contributed by atoms with Crippen LogP contribution in [0.2, 0.25) is 5.02 Å². The molecule has 116 valence electrons. The molecule has 0 saturated heterocycles. The van der Waals surface area contributed by atoms with E-state index in [9.17, 15) is 4.79 Å². The Kier molecular flexibility index (Phi) is 6.18. The lowest BCUT2D eigenvalue weighted by Gasteiger charge is -2.09. The number of rotatable bonds is 7. The second-order valence-corrected chi connectivity index (χ2v) is 5.06. The molecule has 2 aromatic rings. The molecule has 0 aliphatic heterocycles. The molecule has 0 aliphatic rings. The number of carbonyl (C=O) groups is 1. The highest BCUT2D eigenvalue weighted by Crippen LogP contribution is 2.17. The number of anilines is 1. The molecule has 0 bridgehead atoms. The molecular weight excluding hydrogens is 302 g/mol. The van der Waals surface area contributed by atoms with Crippen molar-refractivity contribution in [3.63, 3.8) is 0 Å². The van der Waals surface area contributed by atoms with Gasteiger partial charge in [-0.2, -0.15) is 0 Å². The van der Waals surface area contributed by atoms with E-state index in [1.165, 1.54) is 6.20 Å². The third kappa shape index (κ3) is 4.72. The minimum absolute atomic E-state index is 0.175. The molecule has 0 saturated carbocycles. The highest BCUT2D eigenvalue weighted by molar-refractivity contribution is 6.31. The second kappa shape index (κ2) is 8.36. The normalized spacial score (nSPS) is 10.3. The third-order valence-corrected chi connectivity index (χ3v) is 3.40. The molecule has 1 heterocycles. The third-order valence-electron chi connectivity index (χ3n) is 3.03. The van der Waals surface area contributed by atoms with Crippen molar-refractivity contribution in [1.29, 1.82) is 0 Å². The molecule has 1 aromatic carbocycles. The van der Waals surface area contributed by atoms with E-state index in [1.54, 1.807) is 19.4 Å². The van der Waals surface area contributed by atoms with E-state index in [2.05, 4.69) is 15.6 Å². The van der Waals surface area contributed by atoms with Gasteiger partial charge < -0.3 is 15.4 Å². The fourth-order valence-electron chi connectivity index (χ4n) is 1.87. The van der Waals surface area contributed by atoms with Gasteiger partial charge in [0.25, 0.3) is 5.91 Å². The Morgan fingerprint density at radius 1 is 1.32 bits per heavy atom. The summed E-state index contributed by atoms with van der Waals surface area (Å²) >= 11 is 6.11. The van der Waals surface area contributed by atoms with E-state index in [1.807, 2.05) is 24.3 Å². The predicted molar refractivity (Wildman–Crippen MR) is 87.2 cm³/mol. The van der Waals surface area contributed by atoms with E-state index in [0.29, 0.717) is 30.3 Å². The molecular formula is C16H18ClN3O2. The first-order valence-electron chi connectivity index (χ1n) is 6.90. The van der Waals surface area contributed by atoms with E-state index >= 15 is 0 Å². The number of carbonyl (C=O) groups excluding carboxylic acids is 1. The summed E-state index contributed by atoms with van der Waals surface area (Å²) in [5.74, 6) is -0.175. The zero-order valence-corrected chi connectivity index (χ0v) is 13.1. The number of pyridine rings is 1. The van der Waals surface area contributed by atoms with Crippen molar-refractivity contribution in [2.24, 2.45) is 0 Å². The van der Waals surface area contributed by atoms with Crippen molar-refractivity contribution >= 4 is 23.2 Å². The molecule has 22 heavy (non-hydrogen) atoms. The first kappa shape index (κ1) is 16.3. The lowest BCUT2D eigenvalue weighted by molar-refractivity contribution is 0.0937. The number of hydrogen-bond acceptors (Lipinski definition) is 4. The Morgan fingerprint density at radius 3 is 2.91 bits per heavy atom. The standard InChI is InChI=1S/C16H18ClN3O2/c1-22-7-6-19-16(21)13-8-14(11-18-9-13)20-10-12-4-2-3-5-15(12)17/h2-5,8-9,11,20H,6-7,10H2,1H3,(H,19,21). The maximum atomic E-state index is 11.9. The first-order valence-corrected chi connectivity index (χ1v) is 7.28. The summed E-state index contributed by atoms with van der Waals surface area (Å²) in [7, 11) is 1.59. The van der Waals surface area contributed by atoms with Crippen LogP contribution in [0, 0.1) is 0 Å². The number of nitrogens with one attached hydrogen (secondary N) is 2. The molecule has 0 atom stereocenters. The maximum Gasteiger partial charge on any atom is 0.253 e. The summed E-state index contributed by atoms with van der Waals surface area (Å²) in [6, 6.07) is 9.37. The number of amides is 1. The Morgan fingerprint density at radius 2 is 2.14 bits per heavy atom. The van der Waals surface area contributed by atoms with Crippen LogP contribution in [0.1, 0.15) is 15.9 Å². The van der Waals surface area contributed by atoms with Gasteiger partial charge in [0.05, 0.1) is 17.9 Å². The first-order chi connectivity index (χ1) is 10.7. The minimum Gasteiger partial charge on any atom is -0.383 e. The van der Waals surface area contributed by atoms with E-state index in [4.69, 9.17) is 16.3 Å². The van der Waals surface area contributed by atoms with Crippen LogP contribution in [0.25, 0.3) is 0 Å². The molecule has 0 unspecified atom stereocenters. The number of benzene rings is 1. The fourth-order valence-corrected chi connectivity index (χ4v) is 2.07. The molecule has 5 nitrogen and oxygen atoms in total. The smallest absolute Gasteiger partial charge is 0.253 e. The highest BCUT2D eigenvalue weighted by atomic mass is 35.5. The number of aromatic nitrogens is 1. The lowest BCUT2D eigenvalue weighted by atomic mass is 10.2. The van der Waals surface area contributed by atoms with Crippen LogP contribution in [0.4, 0.5) is 5.69 Å². The van der Waals surface area contributed by atoms with Crippen molar-refractivity contribution in [2.45, 2.75) is 6.54 Å². The minimum atomic E-state index is -0.175. The van der Waals surface area contributed by atoms with Crippen LogP contribution in [0.15, 0.2) is 42.7 Å². The Balaban J connectivity index is 1.96. The maximum absolute atomic E-state index is 11.9. The molecule has 0 fully saturated rings. The van der Waals surface area contributed by atoms with Crippen LogP contribution in [0.5, 0.6) is 0 Å². The van der Waals surface area contributed by atoms with Crippen molar-refractivity contribution in [1.82, 2.24) is 10.3 Å². The van der Waals surface area contributed by atoms with Gasteiger partial charge in [0, 0.05) is 37.6 Å². The van der Waals surface area contributed by atoms with Crippen molar-refractivity contribution in [2.75, 3.05) is 25.6 Å². The quantitative estimate of drug-likeness (QED) is 0.770. The number of halogens is 1. The summed E-state index contributed by atoms with van der Waals surface area (Å²) in [6.07, 6.45) is 3.20. The van der Waals surface area contributed by atoms with Gasteiger partial charge in [-0.25, -0.2) is 0 Å². The molecule has 1 aromatic heterocycles. The van der Waals surface area contributed by atoms with Crippen LogP contribution in [-0.4, -0.2) is 31.2 Å². The van der Waals surface area contributed by atoms with Gasteiger partial charge in [-0.3, -0.25) is 9.78 Å². The number of hydrogen-bond donors (Lipinski definition) is 2. The summed E-state index contributed by atoms with van der Waals surface area (Å²) in [5.41, 5.74) is 2.25. The molecule has 0 aliphatic carbocycles. The summed E-state index contributed by atoms with van der Waals surface area (Å²) in [5, 5.41) is 6.67. The fraction of sp³-hybridized carbons (Fsp3) is 0.250. The van der Waals surface area contributed by atoms with Crippen molar-refractivity contribution in [3.05, 3.63) is 58.9 Å². The van der Waals surface area contributed by atoms with Crippen LogP contribution in [-0.2, 0) is 11.3 Å². The van der Waals surface area contributed by atoms with Gasteiger partial charge >= 0.3 is 0 Å². The molecule has 0 spiro atoms. The number of ether oxygens (including phenoxy) is 1. The molecule has 1 amide bonds. The lowest BCUT2D eigenvalue weighted by Crippen LogP contribution is -2.27. The number of methoxy groups -OCH3 is 1. The molecule has 2 N–H and O–H groups in total. The predicted octanol–water partition coefficient (Wildman–Crippen LogP) is 2.72. The second-order valence-electron chi connectivity index (χ2n) is 4.66. The van der Waals surface area contributed by atoms with Crippen LogP contribution >= 0.6 is 11.6 Å². The van der Waals surface area contributed by atoms with Crippen molar-refractivity contribution in [3.8, 4) is 0 Å². The summed E-state index contributed by atoms with van der Waals surface area (Å²) in [4.78, 5) is 16.0. The SMILES string of the molecule is COCCNC(=O)c1cncc(NCc2ccccc2Cl)c1. The van der Waals surface area contributed by atoms with Gasteiger partial charge in [0.2, 0.25) is 0 Å². The van der Waals surface area contributed by atoms with Gasteiger partial charge in [-0.05, 0) is 17.7 Å². The van der Waals surface area contributed by atoms with Gasteiger partial charge in [0.15, 0.2) is 0 Å². The highest BCUT2D eigenvalue weighted by Gasteiger charge is 2.06. The average molecular weight is 320 g/mol. The van der Waals surface area contributed by atoms with Crippen LogP contribution in [0.3, 0.4) is 0 Å². The van der Waals surface area contributed by atoms with Gasteiger partial charge in [-0.1, -0.05) is 29.8 Å². The molecule has 2 rings (SSSR count). The van der Waals surface area contributed by atoms with Gasteiger partial charge in [0.1, 0.15) is 0 Å². The van der Waals surface area contributed by atoms with E-state index < -0.39 is 0 Å². The summed E-state index contributed by atoms with van der Waals surface area (Å²) < 4.78 is 4.90. The van der Waals surface area contributed by atoms with Crippen LogP contribution < -0.4 is 10.6 Å². The Bertz CT molecular complexity index is 634. The number of nitrogens with zero attached hydrogens (tertiary/aromatic N) is 1. The Hall–Kier alpha value is -2.11. The zero-order valence-electron chi connectivity index (χ0n) is 12.3. The Labute approximate surface area is 134 Å². The van der Waals surface area contributed by atoms with Gasteiger partial charge in [-0.15, -0.1) is 0 Å².